The number of ether oxygens (including phenoxy) is 2. The van der Waals surface area contributed by atoms with Gasteiger partial charge < -0.3 is 20.1 Å². The van der Waals surface area contributed by atoms with Crippen LogP contribution in [-0.4, -0.2) is 26.8 Å². The van der Waals surface area contributed by atoms with Gasteiger partial charge in [0.1, 0.15) is 0 Å². The van der Waals surface area contributed by atoms with E-state index in [0.717, 1.165) is 12.0 Å². The molecular formula is C19H24N2O3. The summed E-state index contributed by atoms with van der Waals surface area (Å²) in [6, 6.07) is 15.4. The second-order valence-corrected chi connectivity index (χ2v) is 5.47. The van der Waals surface area contributed by atoms with Crippen LogP contribution in [0.15, 0.2) is 48.5 Å². The largest absolute Gasteiger partial charge is 0.493 e. The lowest BCUT2D eigenvalue weighted by atomic mass is 10.1. The third kappa shape index (κ3) is 4.91. The van der Waals surface area contributed by atoms with E-state index in [4.69, 9.17) is 9.47 Å². The lowest BCUT2D eigenvalue weighted by molar-refractivity contribution is 0.238. The van der Waals surface area contributed by atoms with Crippen molar-refractivity contribution in [3.8, 4) is 11.5 Å². The molecule has 2 aromatic carbocycles. The molecule has 0 saturated heterocycles. The number of hydrogen-bond acceptors (Lipinski definition) is 3. The van der Waals surface area contributed by atoms with Crippen LogP contribution in [0.2, 0.25) is 0 Å². The van der Waals surface area contributed by atoms with Gasteiger partial charge in [-0.3, -0.25) is 0 Å². The van der Waals surface area contributed by atoms with E-state index in [-0.39, 0.29) is 12.1 Å². The van der Waals surface area contributed by atoms with Crippen LogP contribution < -0.4 is 20.1 Å². The Labute approximate surface area is 143 Å². The zero-order valence-electron chi connectivity index (χ0n) is 14.3. The van der Waals surface area contributed by atoms with E-state index < -0.39 is 0 Å². The number of hydrogen-bond donors (Lipinski definition) is 2. The van der Waals surface area contributed by atoms with Gasteiger partial charge in [-0.1, -0.05) is 36.4 Å². The highest BCUT2D eigenvalue weighted by atomic mass is 16.5. The molecule has 2 amide bonds. The Balaban J connectivity index is 1.85. The van der Waals surface area contributed by atoms with E-state index in [9.17, 15) is 4.79 Å². The zero-order valence-corrected chi connectivity index (χ0v) is 14.3. The fraction of sp³-hybridized carbons (Fsp3) is 0.316. The maximum atomic E-state index is 12.0. The number of carbonyl (C=O) groups excluding carboxylic acids is 1. The number of benzene rings is 2. The van der Waals surface area contributed by atoms with Crippen LogP contribution in [0, 0.1) is 0 Å². The van der Waals surface area contributed by atoms with E-state index in [1.807, 2.05) is 55.5 Å². The third-order valence-electron chi connectivity index (χ3n) is 3.80. The Morgan fingerprint density at radius 2 is 1.75 bits per heavy atom. The molecule has 0 radical (unpaired) electrons. The highest BCUT2D eigenvalue weighted by Gasteiger charge is 2.12. The van der Waals surface area contributed by atoms with Gasteiger partial charge in [-0.2, -0.15) is 0 Å². The van der Waals surface area contributed by atoms with E-state index in [1.165, 1.54) is 5.56 Å². The summed E-state index contributed by atoms with van der Waals surface area (Å²) < 4.78 is 10.5. The topological polar surface area (TPSA) is 59.6 Å². The average Bonchev–Trinajstić information content (AvgIpc) is 2.61. The fourth-order valence-electron chi connectivity index (χ4n) is 2.42. The van der Waals surface area contributed by atoms with Gasteiger partial charge in [0.25, 0.3) is 0 Å². The predicted octanol–water partition coefficient (Wildman–Crippen LogP) is 3.31. The number of rotatable bonds is 7. The molecule has 5 nitrogen and oxygen atoms in total. The van der Waals surface area contributed by atoms with Gasteiger partial charge in [0.15, 0.2) is 11.5 Å². The van der Waals surface area contributed by atoms with Crippen molar-refractivity contribution < 1.29 is 14.3 Å². The van der Waals surface area contributed by atoms with E-state index in [0.29, 0.717) is 18.0 Å². The molecule has 0 aliphatic rings. The summed E-state index contributed by atoms with van der Waals surface area (Å²) in [7, 11) is 3.19. The van der Waals surface area contributed by atoms with E-state index in [1.54, 1.807) is 14.2 Å². The Bertz CT molecular complexity index is 659. The van der Waals surface area contributed by atoms with Gasteiger partial charge in [0, 0.05) is 6.54 Å². The highest BCUT2D eigenvalue weighted by molar-refractivity contribution is 5.74. The lowest BCUT2D eigenvalue weighted by Crippen LogP contribution is -2.38. The SMILES string of the molecule is COc1ccc(C(C)NC(=O)NCCc2ccccc2)cc1OC. The number of carbonyl (C=O) groups is 1. The first-order chi connectivity index (χ1) is 11.6. The maximum absolute atomic E-state index is 12.0. The third-order valence-corrected chi connectivity index (χ3v) is 3.80. The smallest absolute Gasteiger partial charge is 0.315 e. The fourth-order valence-corrected chi connectivity index (χ4v) is 2.42. The van der Waals surface area contributed by atoms with Crippen molar-refractivity contribution >= 4 is 6.03 Å². The second-order valence-electron chi connectivity index (χ2n) is 5.47. The average molecular weight is 328 g/mol. The standard InChI is InChI=1S/C19H24N2O3/c1-14(16-9-10-17(23-2)18(13-16)24-3)21-19(22)20-12-11-15-7-5-4-6-8-15/h4-10,13-14H,11-12H2,1-3H3,(H2,20,21,22). The van der Waals surface area contributed by atoms with E-state index >= 15 is 0 Å². The van der Waals surface area contributed by atoms with Crippen molar-refractivity contribution in [1.29, 1.82) is 0 Å². The molecule has 5 heteroatoms. The molecule has 0 saturated carbocycles. The summed E-state index contributed by atoms with van der Waals surface area (Å²) in [6.07, 6.45) is 0.805. The van der Waals surface area contributed by atoms with Gasteiger partial charge in [-0.05, 0) is 36.6 Å². The van der Waals surface area contributed by atoms with Crippen LogP contribution in [-0.2, 0) is 6.42 Å². The Morgan fingerprint density at radius 1 is 1.04 bits per heavy atom. The Morgan fingerprint density at radius 3 is 2.42 bits per heavy atom. The van der Waals surface area contributed by atoms with Crippen LogP contribution >= 0.6 is 0 Å². The van der Waals surface area contributed by atoms with Crippen LogP contribution in [0.5, 0.6) is 11.5 Å². The minimum atomic E-state index is -0.187. The first-order valence-corrected chi connectivity index (χ1v) is 7.94. The molecule has 0 fully saturated rings. The maximum Gasteiger partial charge on any atom is 0.315 e. The summed E-state index contributed by atoms with van der Waals surface area (Å²) in [5, 5.41) is 5.80. The van der Waals surface area contributed by atoms with Crippen molar-refractivity contribution in [1.82, 2.24) is 10.6 Å². The summed E-state index contributed by atoms with van der Waals surface area (Å²) in [5.74, 6) is 1.31. The van der Waals surface area contributed by atoms with Crippen LogP contribution in [0.4, 0.5) is 4.79 Å². The molecule has 2 aromatic rings. The van der Waals surface area contributed by atoms with Crippen LogP contribution in [0.1, 0.15) is 24.1 Å². The Hall–Kier alpha value is -2.69. The first-order valence-electron chi connectivity index (χ1n) is 7.94. The molecule has 1 unspecified atom stereocenters. The van der Waals surface area contributed by atoms with Crippen molar-refractivity contribution in [3.63, 3.8) is 0 Å². The normalized spacial score (nSPS) is 11.5. The molecule has 0 bridgehead atoms. The molecular weight excluding hydrogens is 304 g/mol. The summed E-state index contributed by atoms with van der Waals surface area (Å²) >= 11 is 0. The molecule has 0 aliphatic heterocycles. The summed E-state index contributed by atoms with van der Waals surface area (Å²) in [4.78, 5) is 12.0. The quantitative estimate of drug-likeness (QED) is 0.820. The number of nitrogens with one attached hydrogen (secondary N) is 2. The van der Waals surface area contributed by atoms with Gasteiger partial charge >= 0.3 is 6.03 Å². The predicted molar refractivity (Wildman–Crippen MR) is 94.6 cm³/mol. The first kappa shape index (κ1) is 17.7. The second kappa shape index (κ2) is 8.82. The minimum Gasteiger partial charge on any atom is -0.493 e. The molecule has 0 aromatic heterocycles. The molecule has 1 atom stereocenters. The molecule has 128 valence electrons. The lowest BCUT2D eigenvalue weighted by Gasteiger charge is -2.17. The van der Waals surface area contributed by atoms with Crippen LogP contribution in [0.3, 0.4) is 0 Å². The molecule has 0 spiro atoms. The summed E-state index contributed by atoms with van der Waals surface area (Å²) in [5.41, 5.74) is 2.15. The molecule has 0 aliphatic carbocycles. The molecule has 24 heavy (non-hydrogen) atoms. The van der Waals surface area contributed by atoms with Gasteiger partial charge in [-0.25, -0.2) is 4.79 Å². The number of urea groups is 1. The van der Waals surface area contributed by atoms with Gasteiger partial charge in [0.2, 0.25) is 0 Å². The molecule has 0 heterocycles. The Kier molecular flexibility index (Phi) is 6.49. The summed E-state index contributed by atoms with van der Waals surface area (Å²) in [6.45, 7) is 2.52. The van der Waals surface area contributed by atoms with E-state index in [2.05, 4.69) is 10.6 Å². The zero-order chi connectivity index (χ0) is 17.4. The minimum absolute atomic E-state index is 0.137. The van der Waals surface area contributed by atoms with Gasteiger partial charge in [0.05, 0.1) is 20.3 Å². The van der Waals surface area contributed by atoms with Gasteiger partial charge in [-0.15, -0.1) is 0 Å². The monoisotopic (exact) mass is 328 g/mol. The van der Waals surface area contributed by atoms with Crippen molar-refractivity contribution in [2.24, 2.45) is 0 Å². The number of amides is 2. The van der Waals surface area contributed by atoms with Crippen molar-refractivity contribution in [2.75, 3.05) is 20.8 Å². The van der Waals surface area contributed by atoms with Crippen LogP contribution in [0.25, 0.3) is 0 Å². The van der Waals surface area contributed by atoms with Crippen molar-refractivity contribution in [3.05, 3.63) is 59.7 Å². The molecule has 2 rings (SSSR count). The highest BCUT2D eigenvalue weighted by Crippen LogP contribution is 2.29. The van der Waals surface area contributed by atoms with Crippen molar-refractivity contribution in [2.45, 2.75) is 19.4 Å². The number of methoxy groups -OCH3 is 2. The molecule has 2 N–H and O–H groups in total.